The molecule has 8 nitrogen and oxygen atoms in total. The maximum Gasteiger partial charge on any atom is 0.323 e. The number of nitrogens with one attached hydrogen (secondary N) is 3. The number of carbonyl (C=O) groups is 2. The average molecular weight is 1150 g/mol. The summed E-state index contributed by atoms with van der Waals surface area (Å²) in [7, 11) is 0. The van der Waals surface area contributed by atoms with Gasteiger partial charge in [0.05, 0.1) is 17.2 Å². The number of aryl methyl sites for hydroxylation is 1. The minimum absolute atomic E-state index is 0.0189. The van der Waals surface area contributed by atoms with E-state index in [1.165, 1.54) is 16.7 Å². The first-order valence-corrected chi connectivity index (χ1v) is 33.3. The fraction of sp³-hybridized carbons (Fsp3) is 0.533. The summed E-state index contributed by atoms with van der Waals surface area (Å²) in [4.78, 5) is 29.6. The van der Waals surface area contributed by atoms with Crippen molar-refractivity contribution in [1.82, 2.24) is 16.0 Å². The highest BCUT2D eigenvalue weighted by Gasteiger charge is 2.45. The van der Waals surface area contributed by atoms with E-state index >= 15 is 4.79 Å². The molecule has 1 heterocycles. The number of allylic oxidation sites excluding steroid dienone is 1. The number of hydrogen-bond acceptors (Lipinski definition) is 15. The molecule has 1 saturated heterocycles. The number of thiol groups is 2. The Kier molecular flexibility index (Phi) is 26.6. The lowest BCUT2D eigenvalue weighted by atomic mass is 9.94. The average Bonchev–Trinajstić information content (AvgIpc) is 3.67. The number of thioether (sulfide) groups is 5. The quantitative estimate of drug-likeness (QED) is 0.0134. The van der Waals surface area contributed by atoms with E-state index in [1.807, 2.05) is 62.1 Å². The summed E-state index contributed by atoms with van der Waals surface area (Å²) in [5, 5.41) is 11.9. The third-order valence-corrected chi connectivity index (χ3v) is 21.9. The van der Waals surface area contributed by atoms with Crippen molar-refractivity contribution in [2.45, 2.75) is 159 Å². The molecule has 410 valence electrons. The Labute approximate surface area is 483 Å². The van der Waals surface area contributed by atoms with Crippen molar-refractivity contribution in [2.75, 3.05) is 35.8 Å². The molecule has 1 aliphatic heterocycles. The molecular weight excluding hydrogens is 1070 g/mol. The molecule has 0 aromatic heterocycles. The molecule has 0 spiro atoms. The third-order valence-electron chi connectivity index (χ3n) is 13.6. The topological polar surface area (TPSA) is 115 Å². The van der Waals surface area contributed by atoms with Gasteiger partial charge in [-0.1, -0.05) is 141 Å². The van der Waals surface area contributed by atoms with Gasteiger partial charge in [-0.25, -0.2) is 0 Å². The zero-order chi connectivity index (χ0) is 53.6. The standard InChI is InChI=1S/C60H84N4O4S7/c1-7-23-46(48-33-22-21-24-42(48)2)36-51(58(66)67-47-31-19-8-9-20-32-47)63-57(74-53(38-69)44-27-15-11-16-28-44)49(34-35-71-6)62-56(72-39-52(70)43-25-13-10-14-26-43)50(37-55(65)68-59(3,4)5)64-60(41-61)73-40-54(75-60)45-29-17-12-18-30-45/h10-18,21-30,33,47,49-54,56-57,62-64,69-70H,7-9,19-20,31-32,34-41,61H2,1-6H3/b46-23-/t49-,50-,51-,52?,53?,54?,56?,57?,60+/m0/s1. The largest absolute Gasteiger partial charge is 0.461 e. The van der Waals surface area contributed by atoms with Crippen molar-refractivity contribution in [2.24, 2.45) is 5.73 Å². The van der Waals surface area contributed by atoms with Crippen LogP contribution in [0.4, 0.5) is 0 Å². The van der Waals surface area contributed by atoms with Gasteiger partial charge in [0.2, 0.25) is 0 Å². The van der Waals surface area contributed by atoms with Crippen LogP contribution in [0.2, 0.25) is 0 Å². The van der Waals surface area contributed by atoms with E-state index in [-0.39, 0.29) is 57.0 Å². The molecule has 4 aromatic rings. The molecule has 5 unspecified atom stereocenters. The first kappa shape index (κ1) is 62.1. The Balaban J connectivity index is 1.46. The summed E-state index contributed by atoms with van der Waals surface area (Å²) in [5.41, 5.74) is 13.2. The maximum atomic E-state index is 15.2. The minimum Gasteiger partial charge on any atom is -0.461 e. The van der Waals surface area contributed by atoms with E-state index in [0.29, 0.717) is 24.5 Å². The van der Waals surface area contributed by atoms with Crippen LogP contribution >= 0.6 is 84.1 Å². The molecule has 1 saturated carbocycles. The van der Waals surface area contributed by atoms with Gasteiger partial charge < -0.3 is 15.2 Å². The van der Waals surface area contributed by atoms with Gasteiger partial charge in [0.1, 0.15) is 21.9 Å². The van der Waals surface area contributed by atoms with Crippen LogP contribution in [0.15, 0.2) is 121 Å². The number of ether oxygens (including phenoxy) is 2. The number of rotatable bonds is 29. The molecule has 5 N–H and O–H groups in total. The Bertz CT molecular complexity index is 2320. The summed E-state index contributed by atoms with van der Waals surface area (Å²) >= 11 is 19.3. The number of carbonyl (C=O) groups excluding carboxylic acids is 2. The molecule has 0 amide bonds. The number of esters is 2. The van der Waals surface area contributed by atoms with Crippen molar-refractivity contribution < 1.29 is 19.1 Å². The van der Waals surface area contributed by atoms with Crippen LogP contribution in [-0.4, -0.2) is 92.5 Å². The molecule has 4 aromatic carbocycles. The lowest BCUT2D eigenvalue weighted by Gasteiger charge is -2.41. The zero-order valence-corrected chi connectivity index (χ0v) is 50.9. The van der Waals surface area contributed by atoms with Gasteiger partial charge in [-0.15, -0.1) is 47.0 Å². The highest BCUT2D eigenvalue weighted by atomic mass is 32.2. The third kappa shape index (κ3) is 20.2. The minimum atomic E-state index is -0.683. The monoisotopic (exact) mass is 1150 g/mol. The van der Waals surface area contributed by atoms with Gasteiger partial charge in [0, 0.05) is 51.6 Å². The number of hydrogen-bond donors (Lipinski definition) is 6. The molecule has 2 fully saturated rings. The fourth-order valence-electron chi connectivity index (χ4n) is 9.72. The summed E-state index contributed by atoms with van der Waals surface area (Å²) in [6, 6.07) is 38.8. The van der Waals surface area contributed by atoms with E-state index < -0.39 is 21.9 Å². The van der Waals surface area contributed by atoms with Gasteiger partial charge in [-0.2, -0.15) is 37.0 Å². The normalized spacial score (nSPS) is 20.5. The SMILES string of the molecule is CC/C=C(/C[C@H](NC(SC(CS)c1ccccc1)[C@H](CCSC)NC(SCC(S)c1ccccc1)[C@H](CC(=O)OC(C)(C)C)N[C@]1(CN)SCC(c2ccccc2)S1)C(=O)OC1CCCCCC1)c1ccccc1C. The van der Waals surface area contributed by atoms with Crippen LogP contribution in [0.3, 0.4) is 0 Å². The second-order valence-electron chi connectivity index (χ2n) is 20.6. The fourth-order valence-corrected chi connectivity index (χ4v) is 17.1. The lowest BCUT2D eigenvalue weighted by Crippen LogP contribution is -2.61. The van der Waals surface area contributed by atoms with E-state index in [1.54, 1.807) is 23.5 Å². The molecule has 15 heteroatoms. The molecule has 0 bridgehead atoms. The molecule has 1 aliphatic carbocycles. The number of benzene rings is 4. The molecule has 6 rings (SSSR count). The second kappa shape index (κ2) is 32.2. The summed E-state index contributed by atoms with van der Waals surface area (Å²) in [5.74, 6) is 2.47. The molecule has 9 atom stereocenters. The summed E-state index contributed by atoms with van der Waals surface area (Å²) in [6.45, 7) is 10.4. The predicted octanol–water partition coefficient (Wildman–Crippen LogP) is 14.1. The first-order chi connectivity index (χ1) is 36.2. The van der Waals surface area contributed by atoms with Crippen LogP contribution in [0, 0.1) is 6.92 Å². The predicted molar refractivity (Wildman–Crippen MR) is 336 cm³/mol. The van der Waals surface area contributed by atoms with E-state index in [0.717, 1.165) is 79.6 Å². The van der Waals surface area contributed by atoms with E-state index in [2.05, 4.69) is 151 Å². The van der Waals surface area contributed by atoms with Gasteiger partial charge in [-0.3, -0.25) is 25.5 Å². The molecule has 75 heavy (non-hydrogen) atoms. The molecule has 0 radical (unpaired) electrons. The smallest absolute Gasteiger partial charge is 0.323 e. The Morgan fingerprint density at radius 3 is 2.11 bits per heavy atom. The van der Waals surface area contributed by atoms with Crippen molar-refractivity contribution in [1.29, 1.82) is 0 Å². The first-order valence-electron chi connectivity index (χ1n) is 26.9. The van der Waals surface area contributed by atoms with E-state index in [9.17, 15) is 4.79 Å². The van der Waals surface area contributed by atoms with Crippen LogP contribution in [0.1, 0.15) is 135 Å². The van der Waals surface area contributed by atoms with Crippen LogP contribution in [0.5, 0.6) is 0 Å². The Hall–Kier alpha value is -2.15. The maximum absolute atomic E-state index is 15.2. The highest BCUT2D eigenvalue weighted by molar-refractivity contribution is 8.21. The Morgan fingerprint density at radius 2 is 1.49 bits per heavy atom. The van der Waals surface area contributed by atoms with E-state index in [4.69, 9.17) is 40.5 Å². The number of nitrogens with two attached hydrogens (primary N) is 1. The lowest BCUT2D eigenvalue weighted by molar-refractivity contribution is -0.155. The highest BCUT2D eigenvalue weighted by Crippen LogP contribution is 2.53. The van der Waals surface area contributed by atoms with Crippen molar-refractivity contribution in [3.63, 3.8) is 0 Å². The van der Waals surface area contributed by atoms with Crippen LogP contribution in [-0.2, 0) is 19.1 Å². The molecule has 2 aliphatic rings. The van der Waals surface area contributed by atoms with Crippen molar-refractivity contribution >= 4 is 102 Å². The molecular formula is C60H84N4O4S7. The van der Waals surface area contributed by atoms with Crippen LogP contribution < -0.4 is 21.7 Å². The Morgan fingerprint density at radius 1 is 0.853 bits per heavy atom. The van der Waals surface area contributed by atoms with Gasteiger partial charge in [0.25, 0.3) is 0 Å². The van der Waals surface area contributed by atoms with Gasteiger partial charge in [0.15, 0.2) is 0 Å². The van der Waals surface area contributed by atoms with Crippen LogP contribution in [0.25, 0.3) is 5.57 Å². The zero-order valence-electron chi connectivity index (χ0n) is 45.0. The summed E-state index contributed by atoms with van der Waals surface area (Å²) < 4.78 is 12.2. The van der Waals surface area contributed by atoms with Crippen molar-refractivity contribution in [3.05, 3.63) is 149 Å². The van der Waals surface area contributed by atoms with Gasteiger partial charge >= 0.3 is 11.9 Å². The van der Waals surface area contributed by atoms with Crippen molar-refractivity contribution in [3.8, 4) is 0 Å². The second-order valence-corrected chi connectivity index (χ2v) is 28.2. The van der Waals surface area contributed by atoms with Gasteiger partial charge in [-0.05, 0) is 118 Å². The summed E-state index contributed by atoms with van der Waals surface area (Å²) in [6.07, 6.45) is 12.7.